The largest absolute Gasteiger partial charge is 0.485 e. The number of amides is 1. The van der Waals surface area contributed by atoms with E-state index in [9.17, 15) is 9.18 Å². The highest BCUT2D eigenvalue weighted by atomic mass is 35.5. The fourth-order valence-electron chi connectivity index (χ4n) is 2.35. The van der Waals surface area contributed by atoms with E-state index < -0.39 is 6.10 Å². The molecule has 0 aromatic heterocycles. The molecule has 0 radical (unpaired) electrons. The number of nitrogens with one attached hydrogen (secondary N) is 1. The van der Waals surface area contributed by atoms with Gasteiger partial charge in [-0.1, -0.05) is 29.8 Å². The van der Waals surface area contributed by atoms with Gasteiger partial charge in [-0.15, -0.1) is 0 Å². The first-order chi connectivity index (χ1) is 12.1. The van der Waals surface area contributed by atoms with Crippen molar-refractivity contribution in [3.63, 3.8) is 0 Å². The SMILES string of the molecule is O=C(NCCSCc1c(F)cccc1Cl)[C@@H]1COc2ccccc2O1. The zero-order valence-electron chi connectivity index (χ0n) is 13.3. The van der Waals surface area contributed by atoms with E-state index >= 15 is 0 Å². The number of hydrogen-bond donors (Lipinski definition) is 1. The van der Waals surface area contributed by atoms with Gasteiger partial charge in [-0.05, 0) is 24.3 Å². The minimum absolute atomic E-state index is 0.181. The molecule has 0 aliphatic carbocycles. The molecule has 2 aromatic rings. The van der Waals surface area contributed by atoms with Gasteiger partial charge in [0, 0.05) is 28.6 Å². The zero-order valence-corrected chi connectivity index (χ0v) is 14.9. The maximum Gasteiger partial charge on any atom is 0.264 e. The lowest BCUT2D eigenvalue weighted by Crippen LogP contribution is -2.44. The summed E-state index contributed by atoms with van der Waals surface area (Å²) >= 11 is 7.48. The quantitative estimate of drug-likeness (QED) is 0.775. The lowest BCUT2D eigenvalue weighted by molar-refractivity contribution is -0.130. The molecule has 25 heavy (non-hydrogen) atoms. The minimum Gasteiger partial charge on any atom is -0.485 e. The Bertz CT molecular complexity index is 739. The van der Waals surface area contributed by atoms with Gasteiger partial charge in [0.2, 0.25) is 6.10 Å². The number of para-hydroxylation sites is 2. The van der Waals surface area contributed by atoms with Gasteiger partial charge < -0.3 is 14.8 Å². The standard InChI is InChI=1S/C18H17ClFNO3S/c19-13-4-3-5-14(20)12(13)11-25-9-8-21-18(22)17-10-23-15-6-1-2-7-16(15)24-17/h1-7,17H,8-11H2,(H,21,22)/t17-/m0/s1. The van der Waals surface area contributed by atoms with E-state index in [2.05, 4.69) is 5.32 Å². The van der Waals surface area contributed by atoms with Crippen LogP contribution >= 0.6 is 23.4 Å². The zero-order chi connectivity index (χ0) is 17.6. The van der Waals surface area contributed by atoms with Crippen molar-refractivity contribution in [2.24, 2.45) is 0 Å². The molecular formula is C18H17ClFNO3S. The molecule has 1 aliphatic heterocycles. The Morgan fingerprint density at radius 2 is 2.04 bits per heavy atom. The maximum atomic E-state index is 13.7. The van der Waals surface area contributed by atoms with Crippen molar-refractivity contribution in [2.75, 3.05) is 18.9 Å². The number of hydrogen-bond acceptors (Lipinski definition) is 4. The van der Waals surface area contributed by atoms with Gasteiger partial charge >= 0.3 is 0 Å². The summed E-state index contributed by atoms with van der Waals surface area (Å²) in [5.74, 6) is 1.77. The molecule has 1 aliphatic rings. The summed E-state index contributed by atoms with van der Waals surface area (Å²) < 4.78 is 24.8. The fourth-order valence-corrected chi connectivity index (χ4v) is 3.55. The topological polar surface area (TPSA) is 47.6 Å². The summed E-state index contributed by atoms with van der Waals surface area (Å²) in [4.78, 5) is 12.1. The third-order valence-corrected chi connectivity index (χ3v) is 4.99. The molecule has 0 spiro atoms. The van der Waals surface area contributed by atoms with E-state index in [1.165, 1.54) is 17.8 Å². The molecule has 0 unspecified atom stereocenters. The van der Waals surface area contributed by atoms with Crippen LogP contribution in [0.25, 0.3) is 0 Å². The Labute approximate surface area is 154 Å². The second-order valence-electron chi connectivity index (χ2n) is 5.41. The minimum atomic E-state index is -0.666. The summed E-state index contributed by atoms with van der Waals surface area (Å²) in [6.45, 7) is 0.637. The highest BCUT2D eigenvalue weighted by Crippen LogP contribution is 2.30. The van der Waals surface area contributed by atoms with Gasteiger partial charge in [0.25, 0.3) is 5.91 Å². The summed E-state index contributed by atoms with van der Waals surface area (Å²) in [6, 6.07) is 11.9. The molecule has 1 atom stereocenters. The molecule has 0 fully saturated rings. The van der Waals surface area contributed by atoms with E-state index in [-0.39, 0.29) is 18.3 Å². The Kier molecular flexibility index (Phi) is 6.04. The van der Waals surface area contributed by atoms with E-state index in [1.54, 1.807) is 24.3 Å². The van der Waals surface area contributed by atoms with Gasteiger partial charge in [0.1, 0.15) is 12.4 Å². The maximum absolute atomic E-state index is 13.7. The molecule has 132 valence electrons. The van der Waals surface area contributed by atoms with Crippen LogP contribution in [0.3, 0.4) is 0 Å². The van der Waals surface area contributed by atoms with Crippen LogP contribution in [0.2, 0.25) is 5.02 Å². The third kappa shape index (κ3) is 4.58. The smallest absolute Gasteiger partial charge is 0.264 e. The molecule has 2 aromatic carbocycles. The van der Waals surface area contributed by atoms with Crippen molar-refractivity contribution < 1.29 is 18.7 Å². The van der Waals surface area contributed by atoms with E-state index in [1.807, 2.05) is 12.1 Å². The van der Waals surface area contributed by atoms with Crippen LogP contribution in [0.1, 0.15) is 5.56 Å². The van der Waals surface area contributed by atoms with Crippen LogP contribution in [0.5, 0.6) is 11.5 Å². The van der Waals surface area contributed by atoms with E-state index in [4.69, 9.17) is 21.1 Å². The predicted octanol–water partition coefficient (Wildman–Crippen LogP) is 3.67. The third-order valence-electron chi connectivity index (χ3n) is 3.65. The molecule has 1 N–H and O–H groups in total. The van der Waals surface area contributed by atoms with E-state index in [0.29, 0.717) is 40.1 Å². The first-order valence-electron chi connectivity index (χ1n) is 7.82. The van der Waals surface area contributed by atoms with Crippen LogP contribution < -0.4 is 14.8 Å². The van der Waals surface area contributed by atoms with Crippen molar-refractivity contribution in [2.45, 2.75) is 11.9 Å². The second kappa shape index (κ2) is 8.45. The molecule has 1 amide bonds. The average Bonchev–Trinajstić information content (AvgIpc) is 2.63. The van der Waals surface area contributed by atoms with E-state index in [0.717, 1.165) is 0 Å². The lowest BCUT2D eigenvalue weighted by atomic mass is 10.2. The number of thioether (sulfide) groups is 1. The molecular weight excluding hydrogens is 365 g/mol. The fraction of sp³-hybridized carbons (Fsp3) is 0.278. The van der Waals surface area contributed by atoms with Crippen molar-refractivity contribution in [3.05, 3.63) is 58.9 Å². The number of carbonyl (C=O) groups is 1. The average molecular weight is 382 g/mol. The first kappa shape index (κ1) is 17.9. The second-order valence-corrected chi connectivity index (χ2v) is 6.92. The van der Waals surface area contributed by atoms with Crippen LogP contribution in [-0.2, 0) is 10.5 Å². The van der Waals surface area contributed by atoms with Crippen molar-refractivity contribution >= 4 is 29.3 Å². The summed E-state index contributed by atoms with van der Waals surface area (Å²) in [5.41, 5.74) is 0.487. The Balaban J connectivity index is 1.40. The van der Waals surface area contributed by atoms with Crippen LogP contribution in [0.15, 0.2) is 42.5 Å². The van der Waals surface area contributed by atoms with Crippen molar-refractivity contribution in [1.82, 2.24) is 5.32 Å². The van der Waals surface area contributed by atoms with Gasteiger partial charge in [0.05, 0.1) is 0 Å². The Morgan fingerprint density at radius 1 is 1.24 bits per heavy atom. The van der Waals surface area contributed by atoms with Crippen molar-refractivity contribution in [1.29, 1.82) is 0 Å². The highest BCUT2D eigenvalue weighted by molar-refractivity contribution is 7.98. The number of halogens is 2. The number of fused-ring (bicyclic) bond motifs is 1. The molecule has 3 rings (SSSR count). The molecule has 4 nitrogen and oxygen atoms in total. The Hall–Kier alpha value is -1.92. The number of ether oxygens (including phenoxy) is 2. The van der Waals surface area contributed by atoms with Crippen molar-refractivity contribution in [3.8, 4) is 11.5 Å². The van der Waals surface area contributed by atoms with Gasteiger partial charge in [0.15, 0.2) is 11.5 Å². The monoisotopic (exact) mass is 381 g/mol. The van der Waals surface area contributed by atoms with Crippen LogP contribution in [0.4, 0.5) is 4.39 Å². The predicted molar refractivity (Wildman–Crippen MR) is 96.9 cm³/mol. The number of rotatable bonds is 6. The normalized spacial score (nSPS) is 15.7. The molecule has 0 bridgehead atoms. The molecule has 1 heterocycles. The van der Waals surface area contributed by atoms with Crippen LogP contribution in [-0.4, -0.2) is 30.9 Å². The molecule has 0 saturated carbocycles. The molecule has 0 saturated heterocycles. The van der Waals surface area contributed by atoms with Gasteiger partial charge in [-0.3, -0.25) is 4.79 Å². The Morgan fingerprint density at radius 3 is 2.84 bits per heavy atom. The summed E-state index contributed by atoms with van der Waals surface area (Å²) in [6.07, 6.45) is -0.666. The van der Waals surface area contributed by atoms with Gasteiger partial charge in [-0.2, -0.15) is 11.8 Å². The molecule has 7 heteroatoms. The first-order valence-corrected chi connectivity index (χ1v) is 9.35. The van der Waals surface area contributed by atoms with Gasteiger partial charge in [-0.25, -0.2) is 4.39 Å². The highest BCUT2D eigenvalue weighted by Gasteiger charge is 2.26. The lowest BCUT2D eigenvalue weighted by Gasteiger charge is -2.25. The number of benzene rings is 2. The summed E-state index contributed by atoms with van der Waals surface area (Å²) in [7, 11) is 0. The van der Waals surface area contributed by atoms with Crippen LogP contribution in [0, 0.1) is 5.82 Å². The number of carbonyl (C=O) groups excluding carboxylic acids is 1. The summed E-state index contributed by atoms with van der Waals surface area (Å²) in [5, 5.41) is 3.23.